The summed E-state index contributed by atoms with van der Waals surface area (Å²) in [7, 11) is 0. The summed E-state index contributed by atoms with van der Waals surface area (Å²) in [5.41, 5.74) is 3.99. The van der Waals surface area contributed by atoms with Crippen LogP contribution in [-0.2, 0) is 6.54 Å². The second-order valence-electron chi connectivity index (χ2n) is 6.39. The lowest BCUT2D eigenvalue weighted by molar-refractivity contribution is 0.536. The Balaban J connectivity index is 1.66. The molecule has 0 saturated carbocycles. The molecule has 1 unspecified atom stereocenters. The number of nitrogens with one attached hydrogen (secondary N) is 1. The van der Waals surface area contributed by atoms with Crippen LogP contribution in [0.3, 0.4) is 0 Å². The number of hydrogen-bond acceptors (Lipinski definition) is 5. The SMILES string of the molecule is Cc1cc(NC(CCn2cncn2)c2ccccc2)n2nc(C)cc2n1. The summed E-state index contributed by atoms with van der Waals surface area (Å²) in [6.07, 6.45) is 4.18. The Bertz CT molecular complexity index is 990. The number of hydrogen-bond donors (Lipinski definition) is 1. The van der Waals surface area contributed by atoms with Crippen molar-refractivity contribution < 1.29 is 0 Å². The van der Waals surface area contributed by atoms with Crippen molar-refractivity contribution >= 4 is 11.5 Å². The van der Waals surface area contributed by atoms with Crippen molar-refractivity contribution in [3.63, 3.8) is 0 Å². The molecule has 1 atom stereocenters. The Kier molecular flexibility index (Phi) is 4.35. The zero-order valence-electron chi connectivity index (χ0n) is 14.9. The van der Waals surface area contributed by atoms with E-state index in [1.807, 2.05) is 41.2 Å². The molecule has 132 valence electrons. The van der Waals surface area contributed by atoms with Crippen molar-refractivity contribution in [3.05, 3.63) is 72.1 Å². The van der Waals surface area contributed by atoms with Crippen molar-refractivity contribution in [2.24, 2.45) is 0 Å². The first-order valence-electron chi connectivity index (χ1n) is 8.67. The van der Waals surface area contributed by atoms with Crippen LogP contribution in [0.15, 0.2) is 55.1 Å². The highest BCUT2D eigenvalue weighted by Gasteiger charge is 2.15. The molecule has 4 rings (SSSR count). The van der Waals surface area contributed by atoms with E-state index in [-0.39, 0.29) is 6.04 Å². The Morgan fingerprint density at radius 1 is 1.08 bits per heavy atom. The monoisotopic (exact) mass is 347 g/mol. The minimum absolute atomic E-state index is 0.120. The molecule has 0 aliphatic carbocycles. The number of rotatable bonds is 6. The summed E-state index contributed by atoms with van der Waals surface area (Å²) in [5, 5.41) is 12.4. The van der Waals surface area contributed by atoms with Gasteiger partial charge >= 0.3 is 0 Å². The number of anilines is 1. The van der Waals surface area contributed by atoms with E-state index >= 15 is 0 Å². The summed E-state index contributed by atoms with van der Waals surface area (Å²) < 4.78 is 3.72. The van der Waals surface area contributed by atoms with Gasteiger partial charge in [0.1, 0.15) is 18.5 Å². The van der Waals surface area contributed by atoms with E-state index in [1.165, 1.54) is 5.56 Å². The molecule has 0 spiro atoms. The third-order valence-electron chi connectivity index (χ3n) is 4.31. The maximum Gasteiger partial charge on any atom is 0.157 e. The van der Waals surface area contributed by atoms with Gasteiger partial charge in [-0.2, -0.15) is 14.7 Å². The number of aryl methyl sites for hydroxylation is 3. The van der Waals surface area contributed by atoms with E-state index in [1.54, 1.807) is 12.7 Å². The molecule has 7 heteroatoms. The highest BCUT2D eigenvalue weighted by Crippen LogP contribution is 2.24. The lowest BCUT2D eigenvalue weighted by Gasteiger charge is -2.21. The van der Waals surface area contributed by atoms with Crippen LogP contribution in [0.1, 0.15) is 29.4 Å². The van der Waals surface area contributed by atoms with Crippen molar-refractivity contribution in [3.8, 4) is 0 Å². The number of fused-ring (bicyclic) bond motifs is 1. The fourth-order valence-electron chi connectivity index (χ4n) is 3.11. The number of aromatic nitrogens is 6. The van der Waals surface area contributed by atoms with Gasteiger partial charge in [-0.3, -0.25) is 4.68 Å². The van der Waals surface area contributed by atoms with Gasteiger partial charge in [0.15, 0.2) is 5.65 Å². The average molecular weight is 347 g/mol. The molecule has 0 aliphatic rings. The van der Waals surface area contributed by atoms with Gasteiger partial charge in [-0.15, -0.1) is 0 Å². The fraction of sp³-hybridized carbons (Fsp3) is 0.263. The lowest BCUT2D eigenvalue weighted by Crippen LogP contribution is -2.16. The van der Waals surface area contributed by atoms with Crippen LogP contribution in [-0.4, -0.2) is 29.4 Å². The van der Waals surface area contributed by atoms with Gasteiger partial charge in [0.25, 0.3) is 0 Å². The highest BCUT2D eigenvalue weighted by atomic mass is 15.3. The van der Waals surface area contributed by atoms with Gasteiger partial charge in [-0.05, 0) is 25.8 Å². The molecule has 0 bridgehead atoms. The average Bonchev–Trinajstić information content (AvgIpc) is 3.28. The van der Waals surface area contributed by atoms with Crippen molar-refractivity contribution in [2.75, 3.05) is 5.32 Å². The normalized spacial score (nSPS) is 12.4. The van der Waals surface area contributed by atoms with Crippen LogP contribution in [0, 0.1) is 13.8 Å². The first-order chi connectivity index (χ1) is 12.7. The molecule has 4 aromatic rings. The van der Waals surface area contributed by atoms with E-state index < -0.39 is 0 Å². The zero-order valence-corrected chi connectivity index (χ0v) is 14.9. The summed E-state index contributed by atoms with van der Waals surface area (Å²) in [6, 6.07) is 14.6. The van der Waals surface area contributed by atoms with Crippen LogP contribution in [0.25, 0.3) is 5.65 Å². The molecule has 1 aromatic carbocycles. The van der Waals surface area contributed by atoms with Crippen molar-refractivity contribution in [1.29, 1.82) is 0 Å². The summed E-state index contributed by atoms with van der Waals surface area (Å²) in [6.45, 7) is 4.76. The molecule has 26 heavy (non-hydrogen) atoms. The molecular formula is C19H21N7. The Labute approximate surface area is 151 Å². The van der Waals surface area contributed by atoms with Crippen molar-refractivity contribution in [1.82, 2.24) is 29.4 Å². The molecule has 0 aliphatic heterocycles. The molecule has 0 fully saturated rings. The molecule has 1 N–H and O–H groups in total. The van der Waals surface area contributed by atoms with Gasteiger partial charge < -0.3 is 5.32 Å². The van der Waals surface area contributed by atoms with E-state index in [9.17, 15) is 0 Å². The maximum absolute atomic E-state index is 4.58. The Hall–Kier alpha value is -3.22. The van der Waals surface area contributed by atoms with Crippen LogP contribution in [0.2, 0.25) is 0 Å². The molecular weight excluding hydrogens is 326 g/mol. The van der Waals surface area contributed by atoms with Crippen LogP contribution in [0.5, 0.6) is 0 Å². The standard InChI is InChI=1S/C19H21N7/c1-14-10-19(26-18(22-14)11-15(2)24-26)23-17(16-6-4-3-5-7-16)8-9-25-13-20-12-21-25/h3-7,10-13,17,23H,8-9H2,1-2H3. The minimum atomic E-state index is 0.120. The second-order valence-corrected chi connectivity index (χ2v) is 6.39. The van der Waals surface area contributed by atoms with Gasteiger partial charge in [-0.1, -0.05) is 30.3 Å². The van der Waals surface area contributed by atoms with E-state index in [4.69, 9.17) is 0 Å². The molecule has 0 saturated heterocycles. The summed E-state index contributed by atoms with van der Waals surface area (Å²) >= 11 is 0. The highest BCUT2D eigenvalue weighted by molar-refractivity contribution is 5.51. The van der Waals surface area contributed by atoms with Gasteiger partial charge in [0, 0.05) is 24.4 Å². The summed E-state index contributed by atoms with van der Waals surface area (Å²) in [4.78, 5) is 8.58. The first-order valence-corrected chi connectivity index (χ1v) is 8.67. The quantitative estimate of drug-likeness (QED) is 0.580. The van der Waals surface area contributed by atoms with Crippen LogP contribution >= 0.6 is 0 Å². The van der Waals surface area contributed by atoms with E-state index in [0.717, 1.165) is 35.8 Å². The van der Waals surface area contributed by atoms with Crippen LogP contribution in [0.4, 0.5) is 5.82 Å². The number of nitrogens with zero attached hydrogens (tertiary/aromatic N) is 6. The topological polar surface area (TPSA) is 72.9 Å². The number of benzene rings is 1. The van der Waals surface area contributed by atoms with E-state index in [0.29, 0.717) is 0 Å². The summed E-state index contributed by atoms with van der Waals surface area (Å²) in [5.74, 6) is 0.938. The maximum atomic E-state index is 4.58. The zero-order chi connectivity index (χ0) is 17.9. The van der Waals surface area contributed by atoms with Gasteiger partial charge in [0.05, 0.1) is 11.7 Å². The lowest BCUT2D eigenvalue weighted by atomic mass is 10.0. The Morgan fingerprint density at radius 3 is 2.69 bits per heavy atom. The minimum Gasteiger partial charge on any atom is -0.363 e. The second kappa shape index (κ2) is 6.95. The molecule has 0 radical (unpaired) electrons. The smallest absolute Gasteiger partial charge is 0.157 e. The largest absolute Gasteiger partial charge is 0.363 e. The van der Waals surface area contributed by atoms with E-state index in [2.05, 4.69) is 49.7 Å². The predicted octanol–water partition coefficient (Wildman–Crippen LogP) is 3.18. The molecule has 7 nitrogen and oxygen atoms in total. The fourth-order valence-corrected chi connectivity index (χ4v) is 3.11. The van der Waals surface area contributed by atoms with Crippen LogP contribution < -0.4 is 5.32 Å². The third kappa shape index (κ3) is 3.42. The molecule has 0 amide bonds. The third-order valence-corrected chi connectivity index (χ3v) is 4.31. The van der Waals surface area contributed by atoms with Crippen molar-refractivity contribution in [2.45, 2.75) is 32.9 Å². The Morgan fingerprint density at radius 2 is 1.92 bits per heavy atom. The predicted molar refractivity (Wildman–Crippen MR) is 99.9 cm³/mol. The van der Waals surface area contributed by atoms with Gasteiger partial charge in [0.2, 0.25) is 0 Å². The molecule has 3 aromatic heterocycles. The van der Waals surface area contributed by atoms with Gasteiger partial charge in [-0.25, -0.2) is 9.97 Å². The first kappa shape index (κ1) is 16.3. The molecule has 3 heterocycles.